The molecule has 5 aromatic rings. The molecule has 2 N–H and O–H groups in total. The van der Waals surface area contributed by atoms with Crippen LogP contribution in [0.1, 0.15) is 18.9 Å². The molecule has 50 heavy (non-hydrogen) atoms. The van der Waals surface area contributed by atoms with Gasteiger partial charge in [-0.2, -0.15) is 5.26 Å². The van der Waals surface area contributed by atoms with Gasteiger partial charge in [-0.3, -0.25) is 4.79 Å². The summed E-state index contributed by atoms with van der Waals surface area (Å²) in [5, 5.41) is 19.0. The normalized spacial score (nSPS) is 14.7. The highest BCUT2D eigenvalue weighted by Gasteiger charge is 2.21. The van der Waals surface area contributed by atoms with Gasteiger partial charge in [-0.15, -0.1) is 0 Å². The number of rotatable bonds is 11. The first-order valence-corrected chi connectivity index (χ1v) is 18.4. The molecule has 0 radical (unpaired) electrons. The van der Waals surface area contributed by atoms with Crippen LogP contribution >= 0.6 is 34.4 Å². The fourth-order valence-electron chi connectivity index (χ4n) is 6.02. The molecule has 2 aromatic heterocycles. The first kappa shape index (κ1) is 33.9. The van der Waals surface area contributed by atoms with E-state index in [0.717, 1.165) is 61.9 Å². The van der Waals surface area contributed by atoms with Crippen LogP contribution in [0.3, 0.4) is 0 Å². The van der Waals surface area contributed by atoms with Crippen LogP contribution in [-0.2, 0) is 11.3 Å². The van der Waals surface area contributed by atoms with E-state index < -0.39 is 5.91 Å². The number of ether oxygens (including phenoxy) is 2. The molecule has 14 heteroatoms. The first-order chi connectivity index (χ1) is 24.4. The summed E-state index contributed by atoms with van der Waals surface area (Å²) in [7, 11) is 2.15. The minimum atomic E-state index is -0.408. The van der Waals surface area contributed by atoms with Gasteiger partial charge in [0.2, 0.25) is 6.79 Å². The zero-order valence-electron chi connectivity index (χ0n) is 27.8. The van der Waals surface area contributed by atoms with Gasteiger partial charge in [0.05, 0.1) is 0 Å². The third-order valence-electron chi connectivity index (χ3n) is 8.71. The third-order valence-corrected chi connectivity index (χ3v) is 11.0. The summed E-state index contributed by atoms with van der Waals surface area (Å²) in [6.45, 7) is 7.92. The van der Waals surface area contributed by atoms with E-state index in [2.05, 4.69) is 84.3 Å². The molecule has 4 heterocycles. The number of anilines is 2. The molecule has 256 valence electrons. The number of piperazine rings is 1. The lowest BCUT2D eigenvalue weighted by Crippen LogP contribution is -2.44. The van der Waals surface area contributed by atoms with Crippen molar-refractivity contribution in [3.63, 3.8) is 0 Å². The zero-order chi connectivity index (χ0) is 34.6. The van der Waals surface area contributed by atoms with Crippen LogP contribution < -0.4 is 25.0 Å². The van der Waals surface area contributed by atoms with Crippen molar-refractivity contribution in [1.82, 2.24) is 29.7 Å². The Kier molecular flexibility index (Phi) is 10.2. The summed E-state index contributed by atoms with van der Waals surface area (Å²) in [4.78, 5) is 32.8. The van der Waals surface area contributed by atoms with Crippen molar-refractivity contribution in [3.8, 4) is 17.6 Å². The molecular formula is C36H36IN9O3S. The summed E-state index contributed by atoms with van der Waals surface area (Å²) in [6, 6.07) is 18.5. The van der Waals surface area contributed by atoms with E-state index in [1.54, 1.807) is 6.08 Å². The molecule has 0 spiro atoms. The number of nitriles is 1. The van der Waals surface area contributed by atoms with Gasteiger partial charge in [-0.1, -0.05) is 30.0 Å². The van der Waals surface area contributed by atoms with Gasteiger partial charge in [-0.25, -0.2) is 15.0 Å². The van der Waals surface area contributed by atoms with Crippen LogP contribution in [0.25, 0.3) is 28.0 Å². The number of benzene rings is 3. The molecule has 1 saturated heterocycles. The maximum absolute atomic E-state index is 13.1. The highest BCUT2D eigenvalue weighted by molar-refractivity contribution is 14.1. The number of amides is 1. The van der Waals surface area contributed by atoms with E-state index in [1.165, 1.54) is 23.8 Å². The molecule has 0 bridgehead atoms. The summed E-state index contributed by atoms with van der Waals surface area (Å²) >= 11 is 3.80. The molecule has 0 atom stereocenters. The molecule has 0 aliphatic carbocycles. The summed E-state index contributed by atoms with van der Waals surface area (Å²) < 4.78 is 14.2. The summed E-state index contributed by atoms with van der Waals surface area (Å²) in [5.41, 5.74) is 3.46. The largest absolute Gasteiger partial charge is 0.454 e. The Morgan fingerprint density at radius 2 is 1.84 bits per heavy atom. The summed E-state index contributed by atoms with van der Waals surface area (Å²) in [6.07, 6.45) is 3.77. The Labute approximate surface area is 308 Å². The SMILES string of the molecule is CCNc1ncnc2c1nc(Sc1cc3c(cc1I)OCO3)n2CCCNC(=O)/C(C#N)=C/c1ccc2cc(N3CCN(C)CC3)ccc2c1. The van der Waals surface area contributed by atoms with Crippen molar-refractivity contribution in [2.45, 2.75) is 29.9 Å². The molecule has 2 aliphatic rings. The lowest BCUT2D eigenvalue weighted by Gasteiger charge is -2.34. The van der Waals surface area contributed by atoms with Gasteiger partial charge in [-0.05, 0) is 95.7 Å². The second-order valence-electron chi connectivity index (χ2n) is 12.1. The summed E-state index contributed by atoms with van der Waals surface area (Å²) in [5.74, 6) is 1.69. The standard InChI is InChI=1S/C36H36IN9O3S/c1-3-39-33-32-34(42-21-41-33)46(36(43-32)50-31-19-30-29(18-28(31)37)48-22-49-30)10-4-9-40-35(47)26(20-38)16-23-5-6-25-17-27(8-7-24(25)15-23)45-13-11-44(2)12-14-45/h5-8,15-19,21H,3-4,9-14,22H2,1-2H3,(H,40,47)(H,39,41,42)/b26-16+. The third kappa shape index (κ3) is 7.30. The van der Waals surface area contributed by atoms with Crippen LogP contribution in [0.5, 0.6) is 11.5 Å². The quantitative estimate of drug-likeness (QED) is 0.0732. The zero-order valence-corrected chi connectivity index (χ0v) is 30.8. The topological polar surface area (TPSA) is 133 Å². The molecular weight excluding hydrogens is 765 g/mol. The minimum absolute atomic E-state index is 0.0585. The van der Waals surface area contributed by atoms with E-state index in [1.807, 2.05) is 41.8 Å². The maximum Gasteiger partial charge on any atom is 0.261 e. The number of imidazole rings is 1. The maximum atomic E-state index is 13.1. The number of aromatic nitrogens is 4. The Balaban J connectivity index is 1.03. The molecule has 0 unspecified atom stereocenters. The van der Waals surface area contributed by atoms with E-state index in [-0.39, 0.29) is 12.4 Å². The number of hydrogen-bond acceptors (Lipinski definition) is 11. The number of nitrogens with one attached hydrogen (secondary N) is 2. The molecule has 1 amide bonds. The Bertz CT molecular complexity index is 2140. The van der Waals surface area contributed by atoms with Gasteiger partial charge >= 0.3 is 0 Å². The number of hydrogen-bond donors (Lipinski definition) is 2. The van der Waals surface area contributed by atoms with Crippen molar-refractivity contribution in [2.75, 3.05) is 63.3 Å². The van der Waals surface area contributed by atoms with Crippen LogP contribution in [-0.4, -0.2) is 83.4 Å². The van der Waals surface area contributed by atoms with E-state index >= 15 is 0 Å². The fourth-order valence-corrected chi connectivity index (χ4v) is 7.73. The molecule has 0 saturated carbocycles. The average molecular weight is 802 g/mol. The monoisotopic (exact) mass is 801 g/mol. The van der Waals surface area contributed by atoms with Gasteiger partial charge in [0.25, 0.3) is 5.91 Å². The van der Waals surface area contributed by atoms with Crippen molar-refractivity contribution >= 4 is 79.8 Å². The average Bonchev–Trinajstić information content (AvgIpc) is 3.73. The smallest absolute Gasteiger partial charge is 0.261 e. The predicted octanol–water partition coefficient (Wildman–Crippen LogP) is 5.76. The highest BCUT2D eigenvalue weighted by atomic mass is 127. The van der Waals surface area contributed by atoms with Crippen molar-refractivity contribution in [3.05, 3.63) is 69.6 Å². The highest BCUT2D eigenvalue weighted by Crippen LogP contribution is 2.41. The second kappa shape index (κ2) is 15.1. The molecule has 7 rings (SSSR count). The first-order valence-electron chi connectivity index (χ1n) is 16.5. The lowest BCUT2D eigenvalue weighted by molar-refractivity contribution is -0.117. The van der Waals surface area contributed by atoms with Crippen LogP contribution in [0, 0.1) is 14.9 Å². The predicted molar refractivity (Wildman–Crippen MR) is 204 cm³/mol. The molecule has 2 aliphatic heterocycles. The molecule has 3 aromatic carbocycles. The van der Waals surface area contributed by atoms with Crippen LogP contribution in [0.2, 0.25) is 0 Å². The molecule has 1 fully saturated rings. The van der Waals surface area contributed by atoms with Crippen LogP contribution in [0.15, 0.2) is 70.5 Å². The molecule has 12 nitrogen and oxygen atoms in total. The van der Waals surface area contributed by atoms with Crippen LogP contribution in [0.4, 0.5) is 11.5 Å². The van der Waals surface area contributed by atoms with Gasteiger partial charge < -0.3 is 34.5 Å². The number of likely N-dealkylation sites (N-methyl/N-ethyl adjacent to an activating group) is 1. The number of fused-ring (bicyclic) bond motifs is 3. The minimum Gasteiger partial charge on any atom is -0.454 e. The number of carbonyl (C=O) groups excluding carboxylic acids is 1. The van der Waals surface area contributed by atoms with Gasteiger partial charge in [0.15, 0.2) is 33.6 Å². The van der Waals surface area contributed by atoms with E-state index in [9.17, 15) is 10.1 Å². The number of aryl methyl sites for hydroxylation is 1. The van der Waals surface area contributed by atoms with Crippen molar-refractivity contribution in [1.29, 1.82) is 5.26 Å². The Hall–Kier alpha value is -4.59. The Morgan fingerprint density at radius 3 is 2.64 bits per heavy atom. The van der Waals surface area contributed by atoms with Gasteiger partial charge in [0.1, 0.15) is 18.0 Å². The fraction of sp³-hybridized carbons (Fsp3) is 0.306. The van der Waals surface area contributed by atoms with E-state index in [0.29, 0.717) is 48.8 Å². The van der Waals surface area contributed by atoms with Crippen molar-refractivity contribution < 1.29 is 14.3 Å². The second-order valence-corrected chi connectivity index (χ2v) is 14.2. The number of carbonyl (C=O) groups is 1. The van der Waals surface area contributed by atoms with Gasteiger partial charge in [0, 0.05) is 60.0 Å². The number of halogens is 1. The van der Waals surface area contributed by atoms with Crippen molar-refractivity contribution in [2.24, 2.45) is 0 Å². The van der Waals surface area contributed by atoms with E-state index in [4.69, 9.17) is 14.5 Å². The lowest BCUT2D eigenvalue weighted by atomic mass is 10.0. The number of nitrogens with zero attached hydrogens (tertiary/aromatic N) is 7. The Morgan fingerprint density at radius 1 is 1.06 bits per heavy atom.